The highest BCUT2D eigenvalue weighted by atomic mass is 17.1. The number of rotatable bonds is 6. The highest BCUT2D eigenvalue weighted by Gasteiger charge is 2.54. The summed E-state index contributed by atoms with van der Waals surface area (Å²) in [6.45, 7) is 16.8. The van der Waals surface area contributed by atoms with Gasteiger partial charge in [-0.2, -0.15) is 0 Å². The average Bonchev–Trinajstić information content (AvgIpc) is 2.53. The molecule has 2 saturated carbocycles. The summed E-state index contributed by atoms with van der Waals surface area (Å²) in [5, 5.41) is 19.3. The summed E-state index contributed by atoms with van der Waals surface area (Å²) < 4.78 is 0. The Bertz CT molecular complexity index is 483. The second kappa shape index (κ2) is 6.92. The second-order valence-electron chi connectivity index (χ2n) is 8.08. The Morgan fingerprint density at radius 2 is 2.13 bits per heavy atom. The van der Waals surface area contributed by atoms with Gasteiger partial charge in [-0.05, 0) is 60.3 Å². The van der Waals surface area contributed by atoms with Gasteiger partial charge in [0.1, 0.15) is 6.10 Å². The summed E-state index contributed by atoms with van der Waals surface area (Å²) >= 11 is 0. The van der Waals surface area contributed by atoms with Crippen molar-refractivity contribution in [1.82, 2.24) is 0 Å². The van der Waals surface area contributed by atoms with E-state index in [9.17, 15) is 10.4 Å². The fourth-order valence-corrected chi connectivity index (χ4v) is 5.32. The molecule has 0 aromatic carbocycles. The molecule has 0 amide bonds. The Balaban J connectivity index is 2.31. The summed E-state index contributed by atoms with van der Waals surface area (Å²) in [7, 11) is 0. The number of hydrogen-bond acceptors (Lipinski definition) is 3. The molecule has 0 spiro atoms. The molecule has 0 aromatic rings. The Morgan fingerprint density at radius 3 is 2.70 bits per heavy atom. The van der Waals surface area contributed by atoms with Crippen LogP contribution in [0.2, 0.25) is 0 Å². The first-order valence-electron chi connectivity index (χ1n) is 8.72. The third-order valence-corrected chi connectivity index (χ3v) is 6.76. The van der Waals surface area contributed by atoms with E-state index in [1.807, 2.05) is 0 Å². The Morgan fingerprint density at radius 1 is 1.43 bits per heavy atom. The molecule has 0 bridgehead atoms. The van der Waals surface area contributed by atoms with Crippen LogP contribution in [0.3, 0.4) is 0 Å². The van der Waals surface area contributed by atoms with Gasteiger partial charge < -0.3 is 5.11 Å². The van der Waals surface area contributed by atoms with Crippen molar-refractivity contribution in [3.05, 3.63) is 37.0 Å². The molecule has 3 nitrogen and oxygen atoms in total. The van der Waals surface area contributed by atoms with Crippen molar-refractivity contribution in [3.8, 4) is 0 Å². The fourth-order valence-electron chi connectivity index (χ4n) is 5.32. The second-order valence-corrected chi connectivity index (χ2v) is 8.08. The van der Waals surface area contributed by atoms with Gasteiger partial charge in [-0.1, -0.05) is 51.7 Å². The highest BCUT2D eigenvalue weighted by molar-refractivity contribution is 5.21. The molecule has 0 radical (unpaired) electrons. The van der Waals surface area contributed by atoms with E-state index in [0.29, 0.717) is 17.9 Å². The van der Waals surface area contributed by atoms with Gasteiger partial charge in [-0.25, -0.2) is 4.89 Å². The molecular weight excluding hydrogens is 288 g/mol. The molecule has 0 unspecified atom stereocenters. The lowest BCUT2D eigenvalue weighted by Gasteiger charge is -2.58. The summed E-state index contributed by atoms with van der Waals surface area (Å²) in [6, 6.07) is 0. The summed E-state index contributed by atoms with van der Waals surface area (Å²) in [6.07, 6.45) is 7.31. The fraction of sp³-hybridized carbons (Fsp3) is 0.700. The largest absolute Gasteiger partial charge is 0.396 e. The predicted octanol–water partition coefficient (Wildman–Crippen LogP) is 4.75. The van der Waals surface area contributed by atoms with Crippen molar-refractivity contribution in [2.24, 2.45) is 22.7 Å². The Labute approximate surface area is 140 Å². The first kappa shape index (κ1) is 18.4. The van der Waals surface area contributed by atoms with Crippen LogP contribution >= 0.6 is 0 Å². The van der Waals surface area contributed by atoms with Gasteiger partial charge in [0.15, 0.2) is 0 Å². The van der Waals surface area contributed by atoms with Crippen LogP contribution in [0, 0.1) is 22.7 Å². The lowest BCUT2D eigenvalue weighted by atomic mass is 9.46. The molecule has 0 aromatic heterocycles. The normalized spacial score (nSPS) is 38.7. The van der Waals surface area contributed by atoms with Crippen molar-refractivity contribution in [2.75, 3.05) is 6.61 Å². The number of fused-ring (bicyclic) bond motifs is 1. The van der Waals surface area contributed by atoms with Gasteiger partial charge in [0.25, 0.3) is 0 Å². The van der Waals surface area contributed by atoms with Crippen molar-refractivity contribution >= 4 is 0 Å². The van der Waals surface area contributed by atoms with Crippen LogP contribution in [-0.2, 0) is 4.89 Å². The molecule has 5 atom stereocenters. The van der Waals surface area contributed by atoms with Crippen LogP contribution < -0.4 is 0 Å². The molecule has 2 rings (SSSR count). The summed E-state index contributed by atoms with van der Waals surface area (Å²) in [5.74, 6) is 0.738. The lowest BCUT2D eigenvalue weighted by Crippen LogP contribution is -2.52. The van der Waals surface area contributed by atoms with Gasteiger partial charge in [-0.15, -0.1) is 0 Å². The first-order chi connectivity index (χ1) is 10.8. The maximum absolute atomic E-state index is 10.00. The molecule has 2 N–H and O–H groups in total. The lowest BCUT2D eigenvalue weighted by molar-refractivity contribution is -0.273. The molecule has 2 fully saturated rings. The third kappa shape index (κ3) is 3.19. The zero-order chi connectivity index (χ0) is 17.3. The van der Waals surface area contributed by atoms with Crippen LogP contribution in [0.1, 0.15) is 52.4 Å². The zero-order valence-electron chi connectivity index (χ0n) is 14.7. The van der Waals surface area contributed by atoms with Crippen LogP contribution in [0.4, 0.5) is 0 Å². The monoisotopic (exact) mass is 320 g/mol. The summed E-state index contributed by atoms with van der Waals surface area (Å²) in [4.78, 5) is 4.70. The average molecular weight is 320 g/mol. The maximum Gasteiger partial charge on any atom is 0.118 e. The van der Waals surface area contributed by atoms with Gasteiger partial charge in [-0.3, -0.25) is 5.26 Å². The Hall–Kier alpha value is -0.900. The van der Waals surface area contributed by atoms with Crippen molar-refractivity contribution < 1.29 is 15.3 Å². The van der Waals surface area contributed by atoms with Gasteiger partial charge in [0.2, 0.25) is 0 Å². The SMILES string of the molecule is C=CC(=C)[C@@H](C[C@H]1C(=C)CC[C@H]2[C@](C)(CO)CCC[C@]12C)OO. The Kier molecular flexibility index (Phi) is 5.55. The number of aliphatic hydroxyl groups excluding tert-OH is 1. The molecule has 3 heteroatoms. The smallest absolute Gasteiger partial charge is 0.118 e. The van der Waals surface area contributed by atoms with Crippen LogP contribution in [0.5, 0.6) is 0 Å². The minimum atomic E-state index is -0.438. The number of aliphatic hydroxyl groups is 1. The molecule has 0 aliphatic heterocycles. The van der Waals surface area contributed by atoms with Gasteiger partial charge >= 0.3 is 0 Å². The minimum absolute atomic E-state index is 0.0169. The predicted molar refractivity (Wildman–Crippen MR) is 94.0 cm³/mol. The highest BCUT2D eigenvalue weighted by Crippen LogP contribution is 2.61. The molecule has 23 heavy (non-hydrogen) atoms. The van der Waals surface area contributed by atoms with Crippen molar-refractivity contribution in [1.29, 1.82) is 0 Å². The standard InChI is InChI=1S/C20H32O3/c1-6-14(2)17(23-22)12-16-15(3)8-9-18-19(4,13-21)10-7-11-20(16,18)5/h6,16-18,21-22H,1-3,7-13H2,4-5H3/t16-,17+,18-,19-,20+/m0/s1. The quantitative estimate of drug-likeness (QED) is 0.321. The van der Waals surface area contributed by atoms with E-state index >= 15 is 0 Å². The van der Waals surface area contributed by atoms with Crippen LogP contribution in [0.15, 0.2) is 37.0 Å². The van der Waals surface area contributed by atoms with Gasteiger partial charge in [0.05, 0.1) is 0 Å². The third-order valence-electron chi connectivity index (χ3n) is 6.76. The number of hydrogen-bond donors (Lipinski definition) is 2. The van der Waals surface area contributed by atoms with E-state index in [1.54, 1.807) is 6.08 Å². The molecule has 130 valence electrons. The van der Waals surface area contributed by atoms with Crippen molar-refractivity contribution in [2.45, 2.75) is 58.5 Å². The van der Waals surface area contributed by atoms with E-state index in [4.69, 9.17) is 4.89 Å². The van der Waals surface area contributed by atoms with Gasteiger partial charge in [0, 0.05) is 6.61 Å². The molecule has 0 heterocycles. The molecule has 2 aliphatic rings. The van der Waals surface area contributed by atoms with Crippen molar-refractivity contribution in [3.63, 3.8) is 0 Å². The summed E-state index contributed by atoms with van der Waals surface area (Å²) in [5.41, 5.74) is 2.01. The minimum Gasteiger partial charge on any atom is -0.396 e. The topological polar surface area (TPSA) is 49.7 Å². The van der Waals surface area contributed by atoms with Crippen LogP contribution in [0.25, 0.3) is 0 Å². The molecule has 2 aliphatic carbocycles. The van der Waals surface area contributed by atoms with E-state index < -0.39 is 6.10 Å². The molecular formula is C20H32O3. The maximum atomic E-state index is 10.00. The van der Waals surface area contributed by atoms with Crippen LogP contribution in [-0.4, -0.2) is 23.1 Å². The molecule has 0 saturated heterocycles. The van der Waals surface area contributed by atoms with E-state index in [1.165, 1.54) is 5.57 Å². The van der Waals surface area contributed by atoms with E-state index in [0.717, 1.165) is 32.1 Å². The first-order valence-corrected chi connectivity index (χ1v) is 8.72. The van der Waals surface area contributed by atoms with E-state index in [-0.39, 0.29) is 23.4 Å². The van der Waals surface area contributed by atoms with E-state index in [2.05, 4.69) is 33.6 Å². The number of allylic oxidation sites excluding steroid dienone is 1. The zero-order valence-corrected chi connectivity index (χ0v) is 14.7.